The number of carbonyl (C=O) groups is 2. The number of carbonyl (C=O) groups excluding carboxylic acids is 2. The first-order valence-electron chi connectivity index (χ1n) is 5.74. The molecule has 4 heteroatoms. The Labute approximate surface area is 101 Å². The van der Waals surface area contributed by atoms with Gasteiger partial charge in [0.25, 0.3) is 0 Å². The summed E-state index contributed by atoms with van der Waals surface area (Å²) >= 11 is 0. The lowest BCUT2D eigenvalue weighted by molar-refractivity contribution is 0.101. The molecule has 1 aromatic rings. The Balaban J connectivity index is 0.000000686. The van der Waals surface area contributed by atoms with E-state index in [1.165, 1.54) is 11.8 Å². The van der Waals surface area contributed by atoms with Crippen molar-refractivity contribution in [2.24, 2.45) is 0 Å². The van der Waals surface area contributed by atoms with Gasteiger partial charge in [-0.2, -0.15) is 0 Å². The van der Waals surface area contributed by atoms with Crippen LogP contribution in [-0.4, -0.2) is 25.0 Å². The van der Waals surface area contributed by atoms with E-state index in [1.54, 1.807) is 24.3 Å². The van der Waals surface area contributed by atoms with E-state index in [9.17, 15) is 9.59 Å². The molecule has 1 saturated heterocycles. The highest BCUT2D eigenvalue weighted by atomic mass is 16.6. The Bertz CT molecular complexity index is 415. The fourth-order valence-corrected chi connectivity index (χ4v) is 1.52. The molecule has 0 atom stereocenters. The number of anilines is 1. The highest BCUT2D eigenvalue weighted by molar-refractivity contribution is 5.96. The third kappa shape index (κ3) is 3.06. The highest BCUT2D eigenvalue weighted by Crippen LogP contribution is 2.19. The van der Waals surface area contributed by atoms with Crippen LogP contribution in [0.5, 0.6) is 0 Å². The zero-order chi connectivity index (χ0) is 12.8. The first kappa shape index (κ1) is 13.2. The number of amides is 1. The summed E-state index contributed by atoms with van der Waals surface area (Å²) in [5.41, 5.74) is 1.32. The third-order valence-electron chi connectivity index (χ3n) is 2.33. The molecule has 1 aliphatic rings. The number of rotatable bonds is 2. The van der Waals surface area contributed by atoms with Crippen LogP contribution >= 0.6 is 0 Å². The van der Waals surface area contributed by atoms with Crippen LogP contribution in [0.15, 0.2) is 24.3 Å². The number of ether oxygens (including phenoxy) is 1. The zero-order valence-corrected chi connectivity index (χ0v) is 10.4. The zero-order valence-electron chi connectivity index (χ0n) is 10.4. The van der Waals surface area contributed by atoms with Gasteiger partial charge >= 0.3 is 6.09 Å². The van der Waals surface area contributed by atoms with Crippen molar-refractivity contribution < 1.29 is 14.3 Å². The van der Waals surface area contributed by atoms with Crippen molar-refractivity contribution in [1.82, 2.24) is 0 Å². The van der Waals surface area contributed by atoms with E-state index in [0.717, 1.165) is 0 Å². The Morgan fingerprint density at radius 2 is 2.06 bits per heavy atom. The minimum Gasteiger partial charge on any atom is -0.447 e. The van der Waals surface area contributed by atoms with Crippen LogP contribution in [0.2, 0.25) is 0 Å². The maximum Gasteiger partial charge on any atom is 0.414 e. The average molecular weight is 235 g/mol. The van der Waals surface area contributed by atoms with E-state index in [0.29, 0.717) is 24.4 Å². The van der Waals surface area contributed by atoms with Crippen molar-refractivity contribution in [3.63, 3.8) is 0 Å². The van der Waals surface area contributed by atoms with E-state index in [4.69, 9.17) is 4.74 Å². The summed E-state index contributed by atoms with van der Waals surface area (Å²) < 4.78 is 4.82. The molecule has 0 spiro atoms. The summed E-state index contributed by atoms with van der Waals surface area (Å²) in [6.45, 7) is 6.45. The molecule has 92 valence electrons. The van der Waals surface area contributed by atoms with Crippen LogP contribution in [0.4, 0.5) is 10.5 Å². The van der Waals surface area contributed by atoms with Gasteiger partial charge in [0, 0.05) is 11.3 Å². The second-order valence-electron chi connectivity index (χ2n) is 3.37. The van der Waals surface area contributed by atoms with E-state index < -0.39 is 0 Å². The van der Waals surface area contributed by atoms with E-state index in [2.05, 4.69) is 0 Å². The van der Waals surface area contributed by atoms with Gasteiger partial charge in [-0.15, -0.1) is 0 Å². The third-order valence-corrected chi connectivity index (χ3v) is 2.33. The molecular weight excluding hydrogens is 218 g/mol. The largest absolute Gasteiger partial charge is 0.447 e. The Morgan fingerprint density at radius 1 is 1.35 bits per heavy atom. The molecule has 1 amide bonds. The van der Waals surface area contributed by atoms with Gasteiger partial charge in [0.2, 0.25) is 0 Å². The lowest BCUT2D eigenvalue weighted by Gasteiger charge is -2.12. The second-order valence-corrected chi connectivity index (χ2v) is 3.37. The smallest absolute Gasteiger partial charge is 0.414 e. The first-order valence-corrected chi connectivity index (χ1v) is 5.74. The number of hydrogen-bond donors (Lipinski definition) is 0. The number of hydrogen-bond acceptors (Lipinski definition) is 3. The van der Waals surface area contributed by atoms with Crippen molar-refractivity contribution in [3.8, 4) is 0 Å². The molecule has 1 heterocycles. The minimum atomic E-state index is -0.351. The van der Waals surface area contributed by atoms with Gasteiger partial charge in [-0.1, -0.05) is 26.0 Å². The quantitative estimate of drug-likeness (QED) is 0.740. The standard InChI is InChI=1S/C11H11NO3.C2H6/c1-8(13)9-3-2-4-10(7-9)12-5-6-15-11(12)14;1-2/h2-4,7H,5-6H2,1H3;1-2H3. The molecule has 1 aromatic carbocycles. The molecule has 0 aliphatic carbocycles. The van der Waals surface area contributed by atoms with Crippen LogP contribution in [0, 0.1) is 0 Å². The average Bonchev–Trinajstić information content (AvgIpc) is 2.78. The van der Waals surface area contributed by atoms with Crippen LogP contribution < -0.4 is 4.90 Å². The molecule has 0 radical (unpaired) electrons. The number of nitrogens with zero attached hydrogens (tertiary/aromatic N) is 1. The monoisotopic (exact) mass is 235 g/mol. The summed E-state index contributed by atoms with van der Waals surface area (Å²) in [5.74, 6) is -0.00980. The fourth-order valence-electron chi connectivity index (χ4n) is 1.52. The lowest BCUT2D eigenvalue weighted by Crippen LogP contribution is -2.23. The fraction of sp³-hybridized carbons (Fsp3) is 0.385. The van der Waals surface area contributed by atoms with Crippen LogP contribution in [0.1, 0.15) is 31.1 Å². The van der Waals surface area contributed by atoms with Crippen molar-refractivity contribution in [3.05, 3.63) is 29.8 Å². The van der Waals surface area contributed by atoms with Crippen LogP contribution in [-0.2, 0) is 4.74 Å². The maximum absolute atomic E-state index is 11.3. The van der Waals surface area contributed by atoms with Crippen molar-refractivity contribution in [2.45, 2.75) is 20.8 Å². The Kier molecular flexibility index (Phi) is 4.69. The summed E-state index contributed by atoms with van der Waals surface area (Å²) in [7, 11) is 0. The van der Waals surface area contributed by atoms with Gasteiger partial charge in [0.1, 0.15) is 6.61 Å². The number of cyclic esters (lactones) is 1. The molecule has 2 rings (SSSR count). The molecule has 0 bridgehead atoms. The van der Waals surface area contributed by atoms with Gasteiger partial charge in [0.15, 0.2) is 5.78 Å². The first-order chi connectivity index (χ1) is 8.18. The molecule has 1 aliphatic heterocycles. The predicted octanol–water partition coefficient (Wildman–Crippen LogP) is 2.87. The summed E-state index contributed by atoms with van der Waals surface area (Å²) in [6.07, 6.45) is -0.351. The minimum absolute atomic E-state index is 0.00980. The van der Waals surface area contributed by atoms with E-state index in [-0.39, 0.29) is 11.9 Å². The van der Waals surface area contributed by atoms with Gasteiger partial charge in [0.05, 0.1) is 6.54 Å². The SMILES string of the molecule is CC.CC(=O)c1cccc(N2CCOC2=O)c1. The molecule has 4 nitrogen and oxygen atoms in total. The second kappa shape index (κ2) is 6.03. The number of Topliss-reactive ketones (excluding diaryl/α,β-unsaturated/α-hetero) is 1. The van der Waals surface area contributed by atoms with Crippen LogP contribution in [0.25, 0.3) is 0 Å². The molecular formula is C13H17NO3. The van der Waals surface area contributed by atoms with E-state index >= 15 is 0 Å². The van der Waals surface area contributed by atoms with Crippen molar-refractivity contribution >= 4 is 17.6 Å². The Morgan fingerprint density at radius 3 is 2.59 bits per heavy atom. The van der Waals surface area contributed by atoms with Crippen molar-refractivity contribution in [1.29, 1.82) is 0 Å². The topological polar surface area (TPSA) is 46.6 Å². The number of ketones is 1. The predicted molar refractivity (Wildman–Crippen MR) is 66.5 cm³/mol. The van der Waals surface area contributed by atoms with Gasteiger partial charge in [-0.05, 0) is 19.1 Å². The van der Waals surface area contributed by atoms with E-state index in [1.807, 2.05) is 13.8 Å². The summed E-state index contributed by atoms with van der Waals surface area (Å²) in [4.78, 5) is 24.0. The van der Waals surface area contributed by atoms with Gasteiger partial charge in [-0.25, -0.2) is 4.79 Å². The van der Waals surface area contributed by atoms with Crippen LogP contribution in [0.3, 0.4) is 0 Å². The molecule has 0 unspecified atom stereocenters. The summed E-state index contributed by atoms with van der Waals surface area (Å²) in [5, 5.41) is 0. The molecule has 0 N–H and O–H groups in total. The molecule has 1 fully saturated rings. The maximum atomic E-state index is 11.3. The van der Waals surface area contributed by atoms with Gasteiger partial charge in [-0.3, -0.25) is 9.69 Å². The number of benzene rings is 1. The Hall–Kier alpha value is -1.84. The molecule has 17 heavy (non-hydrogen) atoms. The van der Waals surface area contributed by atoms with Gasteiger partial charge < -0.3 is 4.74 Å². The highest BCUT2D eigenvalue weighted by Gasteiger charge is 2.23. The molecule has 0 saturated carbocycles. The normalized spacial score (nSPS) is 13.8. The summed E-state index contributed by atoms with van der Waals surface area (Å²) in [6, 6.07) is 6.98. The molecule has 0 aromatic heterocycles. The lowest BCUT2D eigenvalue weighted by atomic mass is 10.1. The van der Waals surface area contributed by atoms with Crippen molar-refractivity contribution in [2.75, 3.05) is 18.1 Å².